The van der Waals surface area contributed by atoms with Crippen LogP contribution in [0.2, 0.25) is 0 Å². The fraction of sp³-hybridized carbons (Fsp3) is 0.222. The number of benzene rings is 1. The van der Waals surface area contributed by atoms with E-state index in [-0.39, 0.29) is 32.7 Å². The summed E-state index contributed by atoms with van der Waals surface area (Å²) in [5.74, 6) is 0. The van der Waals surface area contributed by atoms with Gasteiger partial charge in [0, 0.05) is 32.7 Å². The molecule has 0 amide bonds. The quantitative estimate of drug-likeness (QED) is 0.652. The molecule has 0 spiro atoms. The van der Waals surface area contributed by atoms with Gasteiger partial charge in [0.25, 0.3) is 0 Å². The summed E-state index contributed by atoms with van der Waals surface area (Å²) in [4.78, 5) is 0. The average Bonchev–Trinajstić information content (AvgIpc) is 1.91. The Labute approximate surface area is 87.9 Å². The van der Waals surface area contributed by atoms with Gasteiger partial charge in [0.1, 0.15) is 0 Å². The molecule has 51 valence electrons. The van der Waals surface area contributed by atoms with Crippen molar-refractivity contribution in [2.45, 2.75) is 12.8 Å². The normalized spacial score (nSPS) is 8.50. The average molecular weight is 207 g/mol. The van der Waals surface area contributed by atoms with E-state index in [9.17, 15) is 0 Å². The topological polar surface area (TPSA) is 0 Å². The first-order valence-electron chi connectivity index (χ1n) is 3.18. The molecule has 1 aromatic rings. The maximum absolute atomic E-state index is 3.76. The molecule has 0 saturated heterocycles. The Kier molecular flexibility index (Phi) is 6.26. The van der Waals surface area contributed by atoms with Crippen molar-refractivity contribution in [1.82, 2.24) is 0 Å². The maximum Gasteiger partial charge on any atom is 0 e. The minimum Gasteiger partial charge on any atom is -0.343 e. The number of rotatable bonds is 2. The molecule has 0 aliphatic rings. The van der Waals surface area contributed by atoms with Crippen molar-refractivity contribution in [2.24, 2.45) is 0 Å². The molecule has 0 bridgehead atoms. The predicted molar refractivity (Wildman–Crippen MR) is 39.0 cm³/mol. The molecule has 1 aromatic carbocycles. The van der Waals surface area contributed by atoms with Crippen molar-refractivity contribution in [3.63, 3.8) is 0 Å². The summed E-state index contributed by atoms with van der Waals surface area (Å²) in [5, 5.41) is 0. The molecule has 0 nitrogen and oxygen atoms in total. The second-order valence-corrected chi connectivity index (χ2v) is 1.99. The molecule has 10 heavy (non-hydrogen) atoms. The zero-order chi connectivity index (χ0) is 6.53. The Morgan fingerprint density at radius 1 is 1.40 bits per heavy atom. The summed E-state index contributed by atoms with van der Waals surface area (Å²) in [6.45, 7) is 3.76. The Morgan fingerprint density at radius 2 is 2.20 bits per heavy atom. The van der Waals surface area contributed by atoms with E-state index in [0.717, 1.165) is 12.8 Å². The van der Waals surface area contributed by atoms with Gasteiger partial charge in [0.05, 0.1) is 0 Å². The van der Waals surface area contributed by atoms with E-state index in [0.29, 0.717) is 0 Å². The van der Waals surface area contributed by atoms with Crippen molar-refractivity contribution in [2.75, 3.05) is 0 Å². The smallest absolute Gasteiger partial charge is 0 e. The van der Waals surface area contributed by atoms with Crippen LogP contribution in [0.4, 0.5) is 0 Å². The van der Waals surface area contributed by atoms with E-state index in [4.69, 9.17) is 0 Å². The van der Waals surface area contributed by atoms with Gasteiger partial charge in [-0.15, -0.1) is 0 Å². The molecule has 0 saturated carbocycles. The second kappa shape index (κ2) is 6.06. The van der Waals surface area contributed by atoms with Gasteiger partial charge >= 0.3 is 0 Å². The van der Waals surface area contributed by atoms with E-state index in [1.54, 1.807) is 0 Å². The number of hydrogen-bond acceptors (Lipinski definition) is 0. The van der Waals surface area contributed by atoms with Crippen LogP contribution in [0.1, 0.15) is 12.0 Å². The second-order valence-electron chi connectivity index (χ2n) is 1.99. The SMILES string of the molecule is [CH2-]CCc1[c-]cccc1.[Y]. The van der Waals surface area contributed by atoms with Crippen molar-refractivity contribution in [3.05, 3.63) is 42.8 Å². The molecule has 0 aliphatic heterocycles. The van der Waals surface area contributed by atoms with Gasteiger partial charge in [-0.05, 0) is 0 Å². The molecular formula is C9H10Y-2. The van der Waals surface area contributed by atoms with Crippen LogP contribution in [0, 0.1) is 13.0 Å². The monoisotopic (exact) mass is 207 g/mol. The van der Waals surface area contributed by atoms with Crippen molar-refractivity contribution in [1.29, 1.82) is 0 Å². The van der Waals surface area contributed by atoms with Crippen LogP contribution in [0.5, 0.6) is 0 Å². The summed E-state index contributed by atoms with van der Waals surface area (Å²) in [7, 11) is 0. The molecule has 0 aromatic heterocycles. The van der Waals surface area contributed by atoms with E-state index in [2.05, 4.69) is 19.1 Å². The first kappa shape index (κ1) is 10.3. The maximum atomic E-state index is 3.76. The van der Waals surface area contributed by atoms with Crippen LogP contribution in [-0.4, -0.2) is 0 Å². The van der Waals surface area contributed by atoms with Gasteiger partial charge in [-0.2, -0.15) is 42.3 Å². The van der Waals surface area contributed by atoms with Gasteiger partial charge in [0.15, 0.2) is 0 Å². The van der Waals surface area contributed by atoms with Crippen LogP contribution in [0.25, 0.3) is 0 Å². The van der Waals surface area contributed by atoms with Crippen molar-refractivity contribution >= 4 is 0 Å². The molecule has 0 fully saturated rings. The van der Waals surface area contributed by atoms with Crippen LogP contribution >= 0.6 is 0 Å². The molecular weight excluding hydrogens is 197 g/mol. The van der Waals surface area contributed by atoms with Gasteiger partial charge in [-0.3, -0.25) is 0 Å². The van der Waals surface area contributed by atoms with Gasteiger partial charge in [-0.25, -0.2) is 0 Å². The van der Waals surface area contributed by atoms with Gasteiger partial charge in [-0.1, -0.05) is 6.42 Å². The summed E-state index contributed by atoms with van der Waals surface area (Å²) in [5.41, 5.74) is 1.26. The molecule has 1 radical (unpaired) electrons. The van der Waals surface area contributed by atoms with Crippen LogP contribution in [0.15, 0.2) is 24.3 Å². The minimum atomic E-state index is 0. The summed E-state index contributed by atoms with van der Waals surface area (Å²) in [6, 6.07) is 11.1. The molecule has 0 heterocycles. The summed E-state index contributed by atoms with van der Waals surface area (Å²) in [6.07, 6.45) is 2.00. The third kappa shape index (κ3) is 3.48. The molecule has 1 heteroatoms. The van der Waals surface area contributed by atoms with E-state index >= 15 is 0 Å². The number of aryl methyl sites for hydroxylation is 1. The Hall–Kier alpha value is 0.324. The third-order valence-corrected chi connectivity index (χ3v) is 1.22. The molecule has 0 unspecified atom stereocenters. The van der Waals surface area contributed by atoms with Crippen LogP contribution < -0.4 is 0 Å². The van der Waals surface area contributed by atoms with E-state index in [1.807, 2.05) is 18.2 Å². The van der Waals surface area contributed by atoms with Crippen LogP contribution in [-0.2, 0) is 39.1 Å². The molecule has 1 rings (SSSR count). The van der Waals surface area contributed by atoms with Crippen LogP contribution in [0.3, 0.4) is 0 Å². The molecule has 0 atom stereocenters. The molecule has 0 aliphatic carbocycles. The summed E-state index contributed by atoms with van der Waals surface area (Å²) < 4.78 is 0. The van der Waals surface area contributed by atoms with Crippen molar-refractivity contribution < 1.29 is 32.7 Å². The fourth-order valence-electron chi connectivity index (χ4n) is 0.776. The Balaban J connectivity index is 0.000000810. The fourth-order valence-corrected chi connectivity index (χ4v) is 0.776. The Bertz CT molecular complexity index is 158. The van der Waals surface area contributed by atoms with Gasteiger partial charge < -0.3 is 6.92 Å². The standard InChI is InChI=1S/C9H10.Y/c1-2-6-9-7-4-3-5-8-9;/h3-5,7H,1-2,6H2;/q-2;. The zero-order valence-electron chi connectivity index (χ0n) is 6.01. The Morgan fingerprint density at radius 3 is 2.70 bits per heavy atom. The first-order chi connectivity index (χ1) is 4.43. The van der Waals surface area contributed by atoms with E-state index < -0.39 is 0 Å². The molecule has 0 N–H and O–H groups in total. The zero-order valence-corrected chi connectivity index (χ0v) is 8.85. The third-order valence-electron chi connectivity index (χ3n) is 1.22. The predicted octanol–water partition coefficient (Wildman–Crippen LogP) is 2.25. The largest absolute Gasteiger partial charge is 0.343 e. The van der Waals surface area contributed by atoms with Gasteiger partial charge in [0.2, 0.25) is 0 Å². The minimum absolute atomic E-state index is 0. The van der Waals surface area contributed by atoms with E-state index in [1.165, 1.54) is 5.56 Å². The first-order valence-corrected chi connectivity index (χ1v) is 3.18. The summed E-state index contributed by atoms with van der Waals surface area (Å²) >= 11 is 0. The van der Waals surface area contributed by atoms with Crippen molar-refractivity contribution in [3.8, 4) is 0 Å². The number of hydrogen-bond donors (Lipinski definition) is 0.